The van der Waals surface area contributed by atoms with Gasteiger partial charge in [0.1, 0.15) is 35.1 Å². The number of benzene rings is 1. The topological polar surface area (TPSA) is 173 Å². The summed E-state index contributed by atoms with van der Waals surface area (Å²) in [6.45, 7) is 5.00. The lowest BCUT2D eigenvalue weighted by Gasteiger charge is -2.36. The van der Waals surface area contributed by atoms with Crippen molar-refractivity contribution in [2.45, 2.75) is 145 Å². The second-order valence-corrected chi connectivity index (χ2v) is 18.9. The molecule has 3 fully saturated rings. The van der Waals surface area contributed by atoms with Crippen molar-refractivity contribution in [3.05, 3.63) is 46.6 Å². The fraction of sp³-hybridized carbons (Fsp3) is 0.615. The van der Waals surface area contributed by atoms with Crippen molar-refractivity contribution in [3.8, 4) is 5.75 Å². The number of amides is 4. The number of carbonyl (C=O) groups is 4. The molecule has 5 aliphatic rings. The van der Waals surface area contributed by atoms with E-state index in [1.807, 2.05) is 25.1 Å². The Labute approximate surface area is 321 Å². The minimum absolute atomic E-state index is 0.0319. The van der Waals surface area contributed by atoms with Gasteiger partial charge in [-0.15, -0.1) is 0 Å². The molecule has 1 aromatic carbocycles. The summed E-state index contributed by atoms with van der Waals surface area (Å²) in [5, 5.41) is 7.13. The van der Waals surface area contributed by atoms with Crippen LogP contribution in [0.5, 0.6) is 5.75 Å². The fourth-order valence-electron chi connectivity index (χ4n) is 7.95. The summed E-state index contributed by atoms with van der Waals surface area (Å²) in [6, 6.07) is 3.45. The van der Waals surface area contributed by atoms with Crippen LogP contribution in [0.4, 0.5) is 4.79 Å². The molecule has 4 atom stereocenters. The lowest BCUT2D eigenvalue weighted by atomic mass is 9.87. The molecule has 2 saturated carbocycles. The number of alkyl carbamates (subject to hydrolysis) is 1. The number of aryl methyl sites for hydroxylation is 2. The number of aromatic nitrogens is 1. The Morgan fingerprint density at radius 3 is 2.56 bits per heavy atom. The fourth-order valence-corrected chi connectivity index (χ4v) is 9.48. The van der Waals surface area contributed by atoms with Crippen molar-refractivity contribution in [1.82, 2.24) is 25.2 Å². The molecule has 15 heteroatoms. The number of allylic oxidation sites excluding steroid dienone is 1. The van der Waals surface area contributed by atoms with Crippen molar-refractivity contribution in [2.24, 2.45) is 0 Å². The van der Waals surface area contributed by atoms with Gasteiger partial charge in [-0.05, 0) is 110 Å². The van der Waals surface area contributed by atoms with Crippen molar-refractivity contribution in [2.75, 3.05) is 6.54 Å². The van der Waals surface area contributed by atoms with Gasteiger partial charge in [0.05, 0.1) is 22.5 Å². The molecular formula is C39H50ClN5O8S. The zero-order valence-corrected chi connectivity index (χ0v) is 32.7. The maximum Gasteiger partial charge on any atom is 0.408 e. The number of sulfonamides is 1. The van der Waals surface area contributed by atoms with E-state index in [1.165, 1.54) is 11.8 Å². The summed E-state index contributed by atoms with van der Waals surface area (Å²) >= 11 is 6.38. The lowest BCUT2D eigenvalue weighted by molar-refractivity contribution is -0.142. The standard InChI is InChI=1S/C39H50ClN5O8S/c1-24-32-27(28-21-25(40)14-15-29(28)41-24)16-18-39(53-32)22-31-33(46)43-38(3,35(48)44-54(50,51)37(2)19-20-37)17-9-7-5-4-6-8-13-30(34(47)45(31)23-39)42-36(49)52-26-11-10-12-26/h7,9,14-15,21,26,30-31H,4-6,8,10-13,16-20,22-23H2,1-3H3,(H,42,49)(H,43,46)(H,44,48). The SMILES string of the molecule is Cc1nc2ccc(Cl)cc2c2c1OC1(CC2)CC2C(=O)NC(C)(C(=O)NS(=O)(=O)C3(C)CC3)CC=CCCCCCC(NC(=O)OC3CCC3)C(=O)N2C1. The van der Waals surface area contributed by atoms with E-state index in [0.29, 0.717) is 61.4 Å². The number of fused-ring (bicyclic) bond motifs is 4. The van der Waals surface area contributed by atoms with E-state index in [2.05, 4.69) is 15.4 Å². The molecule has 13 nitrogen and oxygen atoms in total. The molecule has 4 unspecified atom stereocenters. The first kappa shape index (κ1) is 38.4. The molecule has 3 N–H and O–H groups in total. The summed E-state index contributed by atoms with van der Waals surface area (Å²) in [4.78, 5) is 62.5. The van der Waals surface area contributed by atoms with Crippen LogP contribution in [-0.4, -0.2) is 82.7 Å². The van der Waals surface area contributed by atoms with Gasteiger partial charge in [-0.25, -0.2) is 18.2 Å². The Bertz CT molecular complexity index is 2000. The van der Waals surface area contributed by atoms with E-state index in [9.17, 15) is 27.6 Å². The van der Waals surface area contributed by atoms with Crippen LogP contribution in [0.2, 0.25) is 5.02 Å². The lowest BCUT2D eigenvalue weighted by Crippen LogP contribution is -2.62. The van der Waals surface area contributed by atoms with Gasteiger partial charge in [-0.3, -0.25) is 19.1 Å². The van der Waals surface area contributed by atoms with Crippen LogP contribution >= 0.6 is 11.6 Å². The quantitative estimate of drug-likeness (QED) is 0.341. The van der Waals surface area contributed by atoms with Gasteiger partial charge in [0.15, 0.2) is 0 Å². The van der Waals surface area contributed by atoms with E-state index in [4.69, 9.17) is 26.1 Å². The largest absolute Gasteiger partial charge is 0.483 e. The molecule has 1 saturated heterocycles. The first-order valence-electron chi connectivity index (χ1n) is 19.2. The minimum Gasteiger partial charge on any atom is -0.483 e. The van der Waals surface area contributed by atoms with Gasteiger partial charge in [0.25, 0.3) is 5.91 Å². The van der Waals surface area contributed by atoms with E-state index in [0.717, 1.165) is 48.6 Å². The molecule has 2 aliphatic carbocycles. The van der Waals surface area contributed by atoms with E-state index in [-0.39, 0.29) is 25.5 Å². The highest BCUT2D eigenvalue weighted by Gasteiger charge is 2.55. The molecule has 0 radical (unpaired) electrons. The third kappa shape index (κ3) is 7.65. The summed E-state index contributed by atoms with van der Waals surface area (Å²) in [7, 11) is -4.01. The zero-order valence-electron chi connectivity index (χ0n) is 31.2. The van der Waals surface area contributed by atoms with Gasteiger partial charge in [-0.2, -0.15) is 0 Å². The van der Waals surface area contributed by atoms with Gasteiger partial charge >= 0.3 is 6.09 Å². The third-order valence-electron chi connectivity index (χ3n) is 12.0. The van der Waals surface area contributed by atoms with Crippen molar-refractivity contribution in [3.63, 3.8) is 0 Å². The van der Waals surface area contributed by atoms with E-state index in [1.54, 1.807) is 19.1 Å². The summed E-state index contributed by atoms with van der Waals surface area (Å²) in [5.41, 5.74) is -0.256. The van der Waals surface area contributed by atoms with Crippen molar-refractivity contribution >= 4 is 56.3 Å². The first-order valence-corrected chi connectivity index (χ1v) is 21.1. The van der Waals surface area contributed by atoms with Crippen LogP contribution in [0, 0.1) is 6.92 Å². The van der Waals surface area contributed by atoms with E-state index >= 15 is 0 Å². The Morgan fingerprint density at radius 1 is 1.06 bits per heavy atom. The Hall–Kier alpha value is -3.91. The van der Waals surface area contributed by atoms with Crippen LogP contribution in [0.3, 0.4) is 0 Å². The maximum atomic E-state index is 14.7. The predicted molar refractivity (Wildman–Crippen MR) is 202 cm³/mol. The van der Waals surface area contributed by atoms with Crippen molar-refractivity contribution in [1.29, 1.82) is 0 Å². The number of carbonyl (C=O) groups excluding carboxylic acids is 4. The molecule has 1 aromatic heterocycles. The third-order valence-corrected chi connectivity index (χ3v) is 14.4. The molecule has 7 rings (SSSR count). The molecular weight excluding hydrogens is 734 g/mol. The molecule has 3 aliphatic heterocycles. The highest BCUT2D eigenvalue weighted by molar-refractivity contribution is 7.91. The first-order chi connectivity index (χ1) is 25.6. The number of nitrogens with one attached hydrogen (secondary N) is 3. The molecule has 292 valence electrons. The second kappa shape index (κ2) is 14.6. The van der Waals surface area contributed by atoms with Gasteiger partial charge < -0.3 is 25.0 Å². The van der Waals surface area contributed by atoms with Crippen LogP contribution in [-0.2, 0) is 35.6 Å². The molecule has 54 heavy (non-hydrogen) atoms. The van der Waals surface area contributed by atoms with Crippen LogP contribution in [0.15, 0.2) is 30.4 Å². The number of pyridine rings is 1. The highest BCUT2D eigenvalue weighted by atomic mass is 35.5. The summed E-state index contributed by atoms with van der Waals surface area (Å²) in [6.07, 6.45) is 10.7. The van der Waals surface area contributed by atoms with Gasteiger partial charge in [0, 0.05) is 22.4 Å². The van der Waals surface area contributed by atoms with Crippen LogP contribution < -0.4 is 20.1 Å². The van der Waals surface area contributed by atoms with Gasteiger partial charge in [-0.1, -0.05) is 36.6 Å². The smallest absolute Gasteiger partial charge is 0.408 e. The number of nitrogens with zero attached hydrogens (tertiary/aromatic N) is 2. The van der Waals surface area contributed by atoms with Crippen LogP contribution in [0.1, 0.15) is 109 Å². The number of halogens is 1. The van der Waals surface area contributed by atoms with E-state index < -0.39 is 61.8 Å². The monoisotopic (exact) mass is 783 g/mol. The average Bonchev–Trinajstić information content (AvgIpc) is 3.77. The van der Waals surface area contributed by atoms with Gasteiger partial charge in [0.2, 0.25) is 21.8 Å². The second-order valence-electron chi connectivity index (χ2n) is 16.3. The number of ether oxygens (including phenoxy) is 2. The van der Waals surface area contributed by atoms with Crippen LogP contribution in [0.25, 0.3) is 10.9 Å². The minimum atomic E-state index is -4.01. The maximum absolute atomic E-state index is 14.7. The molecule has 2 aromatic rings. The number of rotatable bonds is 5. The number of hydrogen-bond acceptors (Lipinski definition) is 9. The van der Waals surface area contributed by atoms with Crippen molar-refractivity contribution < 1.29 is 37.1 Å². The summed E-state index contributed by atoms with van der Waals surface area (Å²) in [5.74, 6) is -1.34. The molecule has 1 spiro atoms. The molecule has 0 bridgehead atoms. The number of hydrogen-bond donors (Lipinski definition) is 3. The Morgan fingerprint density at radius 2 is 1.83 bits per heavy atom. The zero-order chi connectivity index (χ0) is 38.5. The predicted octanol–water partition coefficient (Wildman–Crippen LogP) is 5.29. The Kier molecular flexibility index (Phi) is 10.4. The normalized spacial score (nSPS) is 28.8. The average molecular weight is 784 g/mol. The molecule has 4 amide bonds. The Balaban J connectivity index is 1.22. The summed E-state index contributed by atoms with van der Waals surface area (Å²) < 4.78 is 40.0. The highest BCUT2D eigenvalue weighted by Crippen LogP contribution is 2.45. The molecule has 4 heterocycles.